The van der Waals surface area contributed by atoms with Crippen molar-refractivity contribution in [1.29, 1.82) is 0 Å². The molecule has 1 heterocycles. The summed E-state index contributed by atoms with van der Waals surface area (Å²) in [5.41, 5.74) is 0. The summed E-state index contributed by atoms with van der Waals surface area (Å²) in [5, 5.41) is 3.51. The van der Waals surface area contributed by atoms with Crippen LogP contribution in [0.15, 0.2) is 0 Å². The third-order valence-corrected chi connectivity index (χ3v) is 2.64. The molecule has 1 saturated heterocycles. The van der Waals surface area contributed by atoms with Crippen LogP contribution in [0.1, 0.15) is 33.6 Å². The summed E-state index contributed by atoms with van der Waals surface area (Å²) in [4.78, 5) is 0. The normalized spacial score (nSPS) is 34.8. The van der Waals surface area contributed by atoms with Crippen molar-refractivity contribution in [2.45, 2.75) is 39.7 Å². The molecule has 0 saturated carbocycles. The number of rotatable bonds is 1. The second-order valence-corrected chi connectivity index (χ2v) is 3.89. The smallest absolute Gasteiger partial charge is 0.00389 e. The maximum Gasteiger partial charge on any atom is 0.00389 e. The maximum absolute atomic E-state index is 3.51. The Hall–Kier alpha value is -0.0400. The lowest BCUT2D eigenvalue weighted by atomic mass is 9.87. The van der Waals surface area contributed by atoms with Gasteiger partial charge in [0.1, 0.15) is 0 Å². The van der Waals surface area contributed by atoms with E-state index in [4.69, 9.17) is 0 Å². The van der Waals surface area contributed by atoms with Crippen molar-refractivity contribution >= 4 is 0 Å². The summed E-state index contributed by atoms with van der Waals surface area (Å²) >= 11 is 0. The molecule has 1 heteroatoms. The minimum absolute atomic E-state index is 0.759. The van der Waals surface area contributed by atoms with Crippen LogP contribution in [0, 0.1) is 11.8 Å². The number of hydrogen-bond acceptors (Lipinski definition) is 1. The van der Waals surface area contributed by atoms with Crippen molar-refractivity contribution in [2.75, 3.05) is 6.54 Å². The molecule has 0 aromatic carbocycles. The van der Waals surface area contributed by atoms with Gasteiger partial charge in [-0.25, -0.2) is 0 Å². The molecule has 1 aliphatic rings. The molecule has 0 aromatic rings. The summed E-state index contributed by atoms with van der Waals surface area (Å²) in [6.07, 6.45) is 2.79. The molecule has 0 spiro atoms. The zero-order valence-electron chi connectivity index (χ0n) is 7.35. The first-order chi connectivity index (χ1) is 4.70. The highest BCUT2D eigenvalue weighted by molar-refractivity contribution is 4.76. The van der Waals surface area contributed by atoms with Crippen molar-refractivity contribution in [3.8, 4) is 0 Å². The lowest BCUT2D eigenvalue weighted by Crippen LogP contribution is -2.38. The first-order valence-corrected chi connectivity index (χ1v) is 4.43. The van der Waals surface area contributed by atoms with Gasteiger partial charge in [-0.15, -0.1) is 0 Å². The van der Waals surface area contributed by atoms with Gasteiger partial charge < -0.3 is 5.32 Å². The van der Waals surface area contributed by atoms with Crippen LogP contribution in [0.4, 0.5) is 0 Å². The zero-order chi connectivity index (χ0) is 7.56. The zero-order valence-corrected chi connectivity index (χ0v) is 7.35. The van der Waals surface area contributed by atoms with Crippen molar-refractivity contribution in [2.24, 2.45) is 11.8 Å². The van der Waals surface area contributed by atoms with Crippen LogP contribution in [-0.2, 0) is 0 Å². The third-order valence-electron chi connectivity index (χ3n) is 2.64. The van der Waals surface area contributed by atoms with E-state index in [0.29, 0.717) is 0 Å². The van der Waals surface area contributed by atoms with E-state index < -0.39 is 0 Å². The summed E-state index contributed by atoms with van der Waals surface area (Å²) in [5.74, 6) is 1.79. The minimum Gasteiger partial charge on any atom is -0.314 e. The van der Waals surface area contributed by atoms with Gasteiger partial charge in [0, 0.05) is 6.04 Å². The molecular formula is C9H19N. The molecule has 2 atom stereocenters. The van der Waals surface area contributed by atoms with Crippen molar-refractivity contribution in [3.05, 3.63) is 0 Å². The van der Waals surface area contributed by atoms with Gasteiger partial charge in [-0.3, -0.25) is 0 Å². The fourth-order valence-corrected chi connectivity index (χ4v) is 1.59. The monoisotopic (exact) mass is 141 g/mol. The molecule has 1 nitrogen and oxygen atoms in total. The predicted molar refractivity (Wildman–Crippen MR) is 45.0 cm³/mol. The Bertz CT molecular complexity index is 90.9. The topological polar surface area (TPSA) is 12.0 Å². The molecule has 0 radical (unpaired) electrons. The second-order valence-electron chi connectivity index (χ2n) is 3.89. The Morgan fingerprint density at radius 1 is 1.30 bits per heavy atom. The van der Waals surface area contributed by atoms with Crippen LogP contribution < -0.4 is 5.32 Å². The molecule has 0 bridgehead atoms. The molecule has 1 unspecified atom stereocenters. The van der Waals surface area contributed by atoms with Crippen LogP contribution in [0.25, 0.3) is 0 Å². The SMILES string of the molecule is CC(C)C1CC[C@@H](C)NC1. The Labute approximate surface area is 64.2 Å². The first kappa shape index (κ1) is 8.06. The van der Waals surface area contributed by atoms with Crippen LogP contribution >= 0.6 is 0 Å². The molecular weight excluding hydrogens is 122 g/mol. The van der Waals surface area contributed by atoms with Gasteiger partial charge in [-0.05, 0) is 38.1 Å². The standard InChI is InChI=1S/C9H19N/c1-7(2)9-5-4-8(3)10-6-9/h7-10H,4-6H2,1-3H3/t8-,9?/m1/s1. The average molecular weight is 141 g/mol. The Balaban J connectivity index is 2.26. The van der Waals surface area contributed by atoms with E-state index in [1.54, 1.807) is 0 Å². The predicted octanol–water partition coefficient (Wildman–Crippen LogP) is 2.03. The van der Waals surface area contributed by atoms with Crippen LogP contribution in [0.2, 0.25) is 0 Å². The Morgan fingerprint density at radius 3 is 2.40 bits per heavy atom. The van der Waals surface area contributed by atoms with Crippen LogP contribution in [-0.4, -0.2) is 12.6 Å². The molecule has 0 aliphatic carbocycles. The van der Waals surface area contributed by atoms with E-state index in [2.05, 4.69) is 26.1 Å². The molecule has 0 aromatic heterocycles. The number of nitrogens with one attached hydrogen (secondary N) is 1. The largest absolute Gasteiger partial charge is 0.314 e. The molecule has 1 rings (SSSR count). The van der Waals surface area contributed by atoms with Gasteiger partial charge in [-0.1, -0.05) is 13.8 Å². The first-order valence-electron chi connectivity index (χ1n) is 4.43. The van der Waals surface area contributed by atoms with Crippen LogP contribution in [0.3, 0.4) is 0 Å². The highest BCUT2D eigenvalue weighted by Crippen LogP contribution is 2.20. The minimum atomic E-state index is 0.759. The van der Waals surface area contributed by atoms with Crippen LogP contribution in [0.5, 0.6) is 0 Å². The third kappa shape index (κ3) is 1.98. The van der Waals surface area contributed by atoms with E-state index >= 15 is 0 Å². The van der Waals surface area contributed by atoms with E-state index in [1.807, 2.05) is 0 Å². The average Bonchev–Trinajstić information content (AvgIpc) is 1.88. The molecule has 10 heavy (non-hydrogen) atoms. The van der Waals surface area contributed by atoms with Gasteiger partial charge in [0.2, 0.25) is 0 Å². The van der Waals surface area contributed by atoms with E-state index in [1.165, 1.54) is 19.4 Å². The maximum atomic E-state index is 3.51. The van der Waals surface area contributed by atoms with Gasteiger partial charge in [0.25, 0.3) is 0 Å². The second kappa shape index (κ2) is 3.38. The lowest BCUT2D eigenvalue weighted by molar-refractivity contribution is 0.262. The van der Waals surface area contributed by atoms with Gasteiger partial charge >= 0.3 is 0 Å². The highest BCUT2D eigenvalue weighted by atomic mass is 14.9. The van der Waals surface area contributed by atoms with Crippen molar-refractivity contribution in [1.82, 2.24) is 5.32 Å². The van der Waals surface area contributed by atoms with Gasteiger partial charge in [0.15, 0.2) is 0 Å². The van der Waals surface area contributed by atoms with Crippen molar-refractivity contribution in [3.63, 3.8) is 0 Å². The summed E-state index contributed by atoms with van der Waals surface area (Å²) in [6.45, 7) is 8.15. The number of hydrogen-bond donors (Lipinski definition) is 1. The molecule has 1 N–H and O–H groups in total. The molecule has 1 aliphatic heterocycles. The number of piperidine rings is 1. The molecule has 1 fully saturated rings. The summed E-state index contributed by atoms with van der Waals surface area (Å²) in [7, 11) is 0. The fourth-order valence-electron chi connectivity index (χ4n) is 1.59. The molecule has 0 amide bonds. The Kier molecular flexibility index (Phi) is 2.72. The fraction of sp³-hybridized carbons (Fsp3) is 1.00. The summed E-state index contributed by atoms with van der Waals surface area (Å²) in [6, 6.07) is 0.759. The van der Waals surface area contributed by atoms with E-state index in [0.717, 1.165) is 17.9 Å². The van der Waals surface area contributed by atoms with E-state index in [9.17, 15) is 0 Å². The van der Waals surface area contributed by atoms with E-state index in [-0.39, 0.29) is 0 Å². The lowest BCUT2D eigenvalue weighted by Gasteiger charge is -2.30. The quantitative estimate of drug-likeness (QED) is 0.589. The highest BCUT2D eigenvalue weighted by Gasteiger charge is 2.19. The summed E-state index contributed by atoms with van der Waals surface area (Å²) < 4.78 is 0. The van der Waals surface area contributed by atoms with Gasteiger partial charge in [-0.2, -0.15) is 0 Å². The van der Waals surface area contributed by atoms with Crippen molar-refractivity contribution < 1.29 is 0 Å². The van der Waals surface area contributed by atoms with Gasteiger partial charge in [0.05, 0.1) is 0 Å². The Morgan fingerprint density at radius 2 is 2.00 bits per heavy atom. The molecule has 60 valence electrons.